The van der Waals surface area contributed by atoms with Gasteiger partial charge in [-0.1, -0.05) is 302 Å². The average Bonchev–Trinajstić information content (AvgIpc) is 3.47. The van der Waals surface area contributed by atoms with E-state index in [4.69, 9.17) is 14.2 Å². The van der Waals surface area contributed by atoms with E-state index in [9.17, 15) is 14.4 Å². The molecule has 0 fully saturated rings. The zero-order chi connectivity index (χ0) is 58.5. The van der Waals surface area contributed by atoms with Gasteiger partial charge in [-0.25, -0.2) is 0 Å². The van der Waals surface area contributed by atoms with Crippen LogP contribution in [0.25, 0.3) is 0 Å². The van der Waals surface area contributed by atoms with Gasteiger partial charge in [0.05, 0.1) is 6.42 Å². The molecule has 0 spiro atoms. The molecular weight excluding hydrogens is 997 g/mol. The van der Waals surface area contributed by atoms with Crippen LogP contribution in [0.3, 0.4) is 0 Å². The normalized spacial score (nSPS) is 13.0. The Hall–Kier alpha value is -4.45. The van der Waals surface area contributed by atoms with Crippen molar-refractivity contribution >= 4 is 17.9 Å². The maximum Gasteiger partial charge on any atom is 0.310 e. The molecule has 0 aliphatic rings. The van der Waals surface area contributed by atoms with Gasteiger partial charge < -0.3 is 14.2 Å². The molecule has 460 valence electrons. The summed E-state index contributed by atoms with van der Waals surface area (Å²) in [5, 5.41) is 0. The van der Waals surface area contributed by atoms with Crippen LogP contribution in [0.2, 0.25) is 0 Å². The number of allylic oxidation sites excluding steroid dienone is 21. The summed E-state index contributed by atoms with van der Waals surface area (Å²) in [6.07, 6.45) is 96.6. The maximum absolute atomic E-state index is 12.8. The molecule has 0 bridgehead atoms. The van der Waals surface area contributed by atoms with Gasteiger partial charge in [0.15, 0.2) is 6.10 Å². The Balaban J connectivity index is 4.25. The van der Waals surface area contributed by atoms with Crippen LogP contribution < -0.4 is 0 Å². The van der Waals surface area contributed by atoms with E-state index in [1.54, 1.807) is 6.08 Å². The maximum atomic E-state index is 12.8. The second kappa shape index (κ2) is 68.1. The molecule has 0 aromatic carbocycles. The first kappa shape index (κ1) is 76.5. The topological polar surface area (TPSA) is 78.9 Å². The van der Waals surface area contributed by atoms with E-state index in [2.05, 4.69) is 142 Å². The SMILES string of the molecule is CC/C=C\C/C=C\C/C=C\C/C=C\C/C=C\CC(=O)OC(COC(=O)CCCCCCC/C=C\C/C=C\C/C=C\CC)COC(=O)CCCCCCCCCCCCCCCCCCCC/C=C\C/C=C\C/C=C\CCCCCCC. The van der Waals surface area contributed by atoms with Crippen LogP contribution in [-0.4, -0.2) is 37.2 Å². The summed E-state index contributed by atoms with van der Waals surface area (Å²) in [5.41, 5.74) is 0. The average molecular weight is 1120 g/mol. The molecule has 0 radical (unpaired) electrons. The zero-order valence-corrected chi connectivity index (χ0v) is 52.8. The molecule has 1 unspecified atom stereocenters. The second-order valence-electron chi connectivity index (χ2n) is 22.0. The van der Waals surface area contributed by atoms with Crippen LogP contribution in [0, 0.1) is 0 Å². The Kier molecular flexibility index (Phi) is 64.3. The number of hydrogen-bond donors (Lipinski definition) is 0. The molecule has 0 aromatic rings. The van der Waals surface area contributed by atoms with Gasteiger partial charge in [-0.15, -0.1) is 0 Å². The first-order valence-corrected chi connectivity index (χ1v) is 33.7. The van der Waals surface area contributed by atoms with Crippen molar-refractivity contribution in [1.29, 1.82) is 0 Å². The Morgan fingerprint density at radius 1 is 0.272 bits per heavy atom. The Morgan fingerprint density at radius 3 is 0.815 bits per heavy atom. The lowest BCUT2D eigenvalue weighted by atomic mass is 10.0. The van der Waals surface area contributed by atoms with Crippen molar-refractivity contribution in [2.24, 2.45) is 0 Å². The minimum atomic E-state index is -0.844. The number of hydrogen-bond acceptors (Lipinski definition) is 6. The number of ether oxygens (including phenoxy) is 3. The van der Waals surface area contributed by atoms with Crippen LogP contribution in [0.5, 0.6) is 0 Å². The van der Waals surface area contributed by atoms with Crippen LogP contribution in [0.1, 0.15) is 303 Å². The lowest BCUT2D eigenvalue weighted by Crippen LogP contribution is -2.30. The Bertz CT molecular complexity index is 1720. The molecule has 0 aliphatic heterocycles. The molecular formula is C75H124O6. The van der Waals surface area contributed by atoms with Crippen LogP contribution >= 0.6 is 0 Å². The highest BCUT2D eigenvalue weighted by molar-refractivity contribution is 5.72. The third kappa shape index (κ3) is 66.2. The molecule has 1 atom stereocenters. The summed E-state index contributed by atoms with van der Waals surface area (Å²) in [6.45, 7) is 6.32. The molecule has 0 amide bonds. The van der Waals surface area contributed by atoms with Gasteiger partial charge >= 0.3 is 17.9 Å². The smallest absolute Gasteiger partial charge is 0.310 e. The highest BCUT2D eigenvalue weighted by Gasteiger charge is 2.19. The zero-order valence-electron chi connectivity index (χ0n) is 52.8. The summed E-state index contributed by atoms with van der Waals surface area (Å²) in [5.74, 6) is -1.07. The fourth-order valence-electron chi connectivity index (χ4n) is 9.19. The van der Waals surface area contributed by atoms with E-state index < -0.39 is 12.1 Å². The Morgan fingerprint density at radius 2 is 0.519 bits per heavy atom. The van der Waals surface area contributed by atoms with Crippen molar-refractivity contribution in [2.45, 2.75) is 309 Å². The van der Waals surface area contributed by atoms with E-state index >= 15 is 0 Å². The molecule has 0 aliphatic carbocycles. The first-order valence-electron chi connectivity index (χ1n) is 33.7. The van der Waals surface area contributed by atoms with Crippen LogP contribution in [0.15, 0.2) is 134 Å². The molecule has 0 aromatic heterocycles. The molecule has 81 heavy (non-hydrogen) atoms. The highest BCUT2D eigenvalue weighted by Crippen LogP contribution is 2.16. The van der Waals surface area contributed by atoms with Crippen molar-refractivity contribution in [3.05, 3.63) is 134 Å². The largest absolute Gasteiger partial charge is 0.462 e. The minimum absolute atomic E-state index is 0.0896. The van der Waals surface area contributed by atoms with Crippen molar-refractivity contribution in [2.75, 3.05) is 13.2 Å². The molecule has 0 saturated carbocycles. The third-order valence-corrected chi connectivity index (χ3v) is 14.2. The van der Waals surface area contributed by atoms with Gasteiger partial charge in [0.25, 0.3) is 0 Å². The lowest BCUT2D eigenvalue weighted by Gasteiger charge is -2.18. The van der Waals surface area contributed by atoms with Crippen molar-refractivity contribution in [3.63, 3.8) is 0 Å². The van der Waals surface area contributed by atoms with Crippen molar-refractivity contribution in [3.8, 4) is 0 Å². The van der Waals surface area contributed by atoms with Crippen molar-refractivity contribution in [1.82, 2.24) is 0 Å². The van der Waals surface area contributed by atoms with E-state index in [-0.39, 0.29) is 31.6 Å². The summed E-state index contributed by atoms with van der Waals surface area (Å²) in [6, 6.07) is 0. The van der Waals surface area contributed by atoms with Crippen LogP contribution in [-0.2, 0) is 28.6 Å². The predicted octanol–water partition coefficient (Wildman–Crippen LogP) is 23.3. The second-order valence-corrected chi connectivity index (χ2v) is 22.0. The molecule has 6 heteroatoms. The van der Waals surface area contributed by atoms with Gasteiger partial charge in [0, 0.05) is 12.8 Å². The van der Waals surface area contributed by atoms with Gasteiger partial charge in [-0.05, 0) is 116 Å². The molecule has 0 saturated heterocycles. The number of rotatable bonds is 60. The van der Waals surface area contributed by atoms with Crippen LogP contribution in [0.4, 0.5) is 0 Å². The summed E-state index contributed by atoms with van der Waals surface area (Å²) < 4.78 is 16.8. The monoisotopic (exact) mass is 1120 g/mol. The Labute approximate surface area is 500 Å². The standard InChI is InChI=1S/C75H124O6/c1-4-7-10-13-16-19-22-25-28-29-30-31-32-33-34-35-36-37-38-39-40-41-42-43-44-45-48-50-53-56-59-62-65-68-74(77)80-71-72(81-75(78)69-66-63-60-57-54-51-47-27-24-21-18-15-12-9-6-3)70-79-73(76)67-64-61-58-55-52-49-46-26-23-20-17-14-11-8-5-2/h8-9,11-12,17-18,20-22,25-27,29-30,32-33,46-47,54,57,63,66,72H,4-7,10,13-16,19,23-24,28,31,34-45,48-53,55-56,58-62,64-65,67-71H2,1-3H3/b11-8-,12-9-,20-17-,21-18-,25-22-,30-29-,33-32-,46-26-,47-27-,57-54-,66-63-. The highest BCUT2D eigenvalue weighted by atomic mass is 16.6. The quantitative estimate of drug-likeness (QED) is 0.0261. The third-order valence-electron chi connectivity index (χ3n) is 14.2. The fourth-order valence-corrected chi connectivity index (χ4v) is 9.19. The molecule has 0 N–H and O–H groups in total. The van der Waals surface area contributed by atoms with Gasteiger partial charge in [0.1, 0.15) is 13.2 Å². The van der Waals surface area contributed by atoms with Gasteiger partial charge in [0.2, 0.25) is 0 Å². The number of esters is 3. The first-order chi connectivity index (χ1) is 40.0. The predicted molar refractivity (Wildman–Crippen MR) is 353 cm³/mol. The van der Waals surface area contributed by atoms with E-state index in [0.717, 1.165) is 116 Å². The van der Waals surface area contributed by atoms with E-state index in [1.165, 1.54) is 141 Å². The number of carbonyl (C=O) groups is 3. The number of unbranched alkanes of at least 4 members (excludes halogenated alkanes) is 28. The fraction of sp³-hybridized carbons (Fsp3) is 0.667. The van der Waals surface area contributed by atoms with Crippen molar-refractivity contribution < 1.29 is 28.6 Å². The van der Waals surface area contributed by atoms with E-state index in [1.807, 2.05) is 6.08 Å². The number of carbonyl (C=O) groups excluding carboxylic acids is 3. The lowest BCUT2D eigenvalue weighted by molar-refractivity contribution is -0.166. The summed E-state index contributed by atoms with van der Waals surface area (Å²) in [4.78, 5) is 38.2. The molecule has 0 rings (SSSR count). The molecule has 6 nitrogen and oxygen atoms in total. The summed E-state index contributed by atoms with van der Waals surface area (Å²) >= 11 is 0. The van der Waals surface area contributed by atoms with Gasteiger partial charge in [-0.3, -0.25) is 14.4 Å². The minimum Gasteiger partial charge on any atom is -0.462 e. The van der Waals surface area contributed by atoms with Gasteiger partial charge in [-0.2, -0.15) is 0 Å². The van der Waals surface area contributed by atoms with E-state index in [0.29, 0.717) is 19.3 Å². The summed E-state index contributed by atoms with van der Waals surface area (Å²) in [7, 11) is 0. The molecule has 0 heterocycles.